The van der Waals surface area contributed by atoms with E-state index < -0.39 is 17.6 Å². The largest absolute Gasteiger partial charge is 0.494 e. The SMILES string of the molecule is CNCc1cn(Sc2cccc(C(F)(F)F)c2)c(-c2ccc(Cl)cc2F)c1OC. The van der Waals surface area contributed by atoms with Crippen LogP contribution in [0.4, 0.5) is 17.6 Å². The van der Waals surface area contributed by atoms with Crippen molar-refractivity contribution in [3.63, 3.8) is 0 Å². The van der Waals surface area contributed by atoms with E-state index >= 15 is 0 Å². The van der Waals surface area contributed by atoms with Crippen molar-refractivity contribution < 1.29 is 22.3 Å². The third-order valence-corrected chi connectivity index (χ3v) is 5.31. The number of benzene rings is 2. The van der Waals surface area contributed by atoms with Crippen LogP contribution in [-0.2, 0) is 12.7 Å². The summed E-state index contributed by atoms with van der Waals surface area (Å²) in [5.74, 6) is -0.129. The maximum absolute atomic E-state index is 14.7. The number of nitrogens with one attached hydrogen (secondary N) is 1. The van der Waals surface area contributed by atoms with Crippen molar-refractivity contribution in [2.45, 2.75) is 17.6 Å². The summed E-state index contributed by atoms with van der Waals surface area (Å²) in [5.41, 5.74) is 0.609. The van der Waals surface area contributed by atoms with Gasteiger partial charge in [-0.2, -0.15) is 13.2 Å². The maximum Gasteiger partial charge on any atom is 0.416 e. The number of rotatable bonds is 6. The highest BCUT2D eigenvalue weighted by molar-refractivity contribution is 7.98. The molecule has 3 nitrogen and oxygen atoms in total. The molecular formula is C20H17ClF4N2OS. The molecule has 2 aromatic carbocycles. The molecule has 29 heavy (non-hydrogen) atoms. The van der Waals surface area contributed by atoms with Crippen LogP contribution in [0, 0.1) is 5.82 Å². The Morgan fingerprint density at radius 3 is 2.55 bits per heavy atom. The van der Waals surface area contributed by atoms with Crippen molar-refractivity contribution in [1.29, 1.82) is 0 Å². The van der Waals surface area contributed by atoms with Crippen molar-refractivity contribution in [3.8, 4) is 17.0 Å². The van der Waals surface area contributed by atoms with Crippen LogP contribution in [0.2, 0.25) is 5.02 Å². The van der Waals surface area contributed by atoms with Crippen LogP contribution in [-0.4, -0.2) is 18.1 Å². The molecule has 0 unspecified atom stereocenters. The van der Waals surface area contributed by atoms with Crippen molar-refractivity contribution in [2.75, 3.05) is 14.2 Å². The Kier molecular flexibility index (Phi) is 6.45. The lowest BCUT2D eigenvalue weighted by atomic mass is 10.1. The number of aromatic nitrogens is 1. The van der Waals surface area contributed by atoms with Gasteiger partial charge in [0.1, 0.15) is 17.3 Å². The van der Waals surface area contributed by atoms with E-state index in [2.05, 4.69) is 5.32 Å². The predicted molar refractivity (Wildman–Crippen MR) is 107 cm³/mol. The minimum Gasteiger partial charge on any atom is -0.494 e. The van der Waals surface area contributed by atoms with Gasteiger partial charge in [-0.25, -0.2) is 4.39 Å². The Morgan fingerprint density at radius 1 is 1.17 bits per heavy atom. The van der Waals surface area contributed by atoms with Crippen molar-refractivity contribution in [1.82, 2.24) is 9.29 Å². The molecule has 0 aliphatic heterocycles. The van der Waals surface area contributed by atoms with Crippen molar-refractivity contribution in [3.05, 3.63) is 70.6 Å². The Morgan fingerprint density at radius 2 is 1.93 bits per heavy atom. The highest BCUT2D eigenvalue weighted by Crippen LogP contribution is 2.41. The fourth-order valence-corrected chi connectivity index (χ4v) is 4.06. The molecule has 3 aromatic rings. The molecule has 9 heteroatoms. The third kappa shape index (κ3) is 4.71. The van der Waals surface area contributed by atoms with Crippen LogP contribution in [0.25, 0.3) is 11.3 Å². The number of hydrogen-bond donors (Lipinski definition) is 1. The molecule has 1 N–H and O–H groups in total. The first kappa shape index (κ1) is 21.5. The van der Waals surface area contributed by atoms with E-state index in [1.165, 1.54) is 25.3 Å². The molecule has 0 amide bonds. The van der Waals surface area contributed by atoms with E-state index in [1.54, 1.807) is 29.3 Å². The monoisotopic (exact) mass is 444 g/mol. The fraction of sp³-hybridized carbons (Fsp3) is 0.200. The normalized spacial score (nSPS) is 11.7. The van der Waals surface area contributed by atoms with Gasteiger partial charge in [0.2, 0.25) is 0 Å². The molecule has 0 saturated carbocycles. The highest BCUT2D eigenvalue weighted by Gasteiger charge is 2.30. The minimum atomic E-state index is -4.45. The van der Waals surface area contributed by atoms with Crippen LogP contribution >= 0.6 is 23.5 Å². The average Bonchev–Trinajstić information content (AvgIpc) is 2.98. The molecule has 0 aliphatic carbocycles. The van der Waals surface area contributed by atoms with Gasteiger partial charge in [0.15, 0.2) is 0 Å². The molecule has 1 aromatic heterocycles. The highest BCUT2D eigenvalue weighted by atomic mass is 35.5. The van der Waals surface area contributed by atoms with Gasteiger partial charge >= 0.3 is 6.18 Å². The van der Waals surface area contributed by atoms with Crippen molar-refractivity contribution >= 4 is 23.5 Å². The summed E-state index contributed by atoms with van der Waals surface area (Å²) >= 11 is 6.90. The van der Waals surface area contributed by atoms with Gasteiger partial charge in [-0.05, 0) is 55.4 Å². The topological polar surface area (TPSA) is 26.2 Å². The van der Waals surface area contributed by atoms with Crippen LogP contribution in [0.1, 0.15) is 11.1 Å². The summed E-state index contributed by atoms with van der Waals surface area (Å²) in [6.07, 6.45) is -2.74. The Labute approximate surface area is 174 Å². The van der Waals surface area contributed by atoms with E-state index in [9.17, 15) is 17.6 Å². The smallest absolute Gasteiger partial charge is 0.416 e. The maximum atomic E-state index is 14.7. The van der Waals surface area contributed by atoms with Crippen LogP contribution in [0.5, 0.6) is 5.75 Å². The summed E-state index contributed by atoms with van der Waals surface area (Å²) < 4.78 is 61.0. The predicted octanol–water partition coefficient (Wildman–Crippen LogP) is 6.25. The molecule has 0 atom stereocenters. The van der Waals surface area contributed by atoms with Crippen LogP contribution in [0.3, 0.4) is 0 Å². The second-order valence-electron chi connectivity index (χ2n) is 6.13. The number of hydrogen-bond acceptors (Lipinski definition) is 3. The molecule has 0 fully saturated rings. The van der Waals surface area contributed by atoms with Crippen LogP contribution < -0.4 is 10.1 Å². The Balaban J connectivity index is 2.13. The number of halogens is 5. The second kappa shape index (κ2) is 8.69. The molecular weight excluding hydrogens is 428 g/mol. The lowest BCUT2D eigenvalue weighted by Gasteiger charge is -2.13. The quantitative estimate of drug-likeness (QED) is 0.455. The molecule has 0 bridgehead atoms. The van der Waals surface area contributed by atoms with E-state index in [-0.39, 0.29) is 10.6 Å². The summed E-state index contributed by atoms with van der Waals surface area (Å²) in [4.78, 5) is 0.351. The van der Waals surface area contributed by atoms with Gasteiger partial charge in [-0.3, -0.25) is 3.97 Å². The zero-order chi connectivity index (χ0) is 21.2. The van der Waals surface area contributed by atoms with E-state index in [4.69, 9.17) is 16.3 Å². The van der Waals surface area contributed by atoms with E-state index in [0.29, 0.717) is 22.9 Å². The van der Waals surface area contributed by atoms with Gasteiger partial charge in [0.05, 0.1) is 12.7 Å². The van der Waals surface area contributed by atoms with Crippen molar-refractivity contribution in [2.24, 2.45) is 0 Å². The van der Waals surface area contributed by atoms with Gasteiger partial charge in [-0.15, -0.1) is 0 Å². The molecule has 0 spiro atoms. The molecule has 0 aliphatic rings. The molecule has 0 radical (unpaired) electrons. The van der Waals surface area contributed by atoms with Gasteiger partial charge in [-0.1, -0.05) is 17.7 Å². The summed E-state index contributed by atoms with van der Waals surface area (Å²) in [6.45, 7) is 0.432. The first-order valence-electron chi connectivity index (χ1n) is 8.48. The third-order valence-electron chi connectivity index (χ3n) is 4.12. The molecule has 1 heterocycles. The van der Waals surface area contributed by atoms with Gasteiger partial charge in [0, 0.05) is 33.8 Å². The van der Waals surface area contributed by atoms with Gasteiger partial charge < -0.3 is 10.1 Å². The average molecular weight is 445 g/mol. The molecule has 3 rings (SSSR count). The number of alkyl halides is 3. The standard InChI is InChI=1S/C20H17ClF4N2OS/c1-26-10-12-11-27(29-15-5-3-4-13(8-15)20(23,24)25)18(19(12)28-2)16-7-6-14(21)9-17(16)22/h3-9,11,26H,10H2,1-2H3. The summed E-state index contributed by atoms with van der Waals surface area (Å²) in [5, 5.41) is 3.24. The number of methoxy groups -OCH3 is 1. The Hall–Kier alpha value is -2.16. The fourth-order valence-electron chi connectivity index (χ4n) is 2.90. The first-order chi connectivity index (χ1) is 13.7. The second-order valence-corrected chi connectivity index (χ2v) is 7.62. The van der Waals surface area contributed by atoms with E-state index in [0.717, 1.165) is 29.6 Å². The molecule has 0 saturated heterocycles. The summed E-state index contributed by atoms with van der Waals surface area (Å²) in [6, 6.07) is 9.20. The van der Waals surface area contributed by atoms with Crippen LogP contribution in [0.15, 0.2) is 53.6 Å². The minimum absolute atomic E-state index is 0.230. The lowest BCUT2D eigenvalue weighted by molar-refractivity contribution is -0.137. The molecule has 154 valence electrons. The number of ether oxygens (including phenoxy) is 1. The Bertz CT molecular complexity index is 1020. The number of nitrogens with zero attached hydrogens (tertiary/aromatic N) is 1. The van der Waals surface area contributed by atoms with E-state index in [1.807, 2.05) is 0 Å². The first-order valence-corrected chi connectivity index (χ1v) is 9.63. The zero-order valence-electron chi connectivity index (χ0n) is 15.5. The zero-order valence-corrected chi connectivity index (χ0v) is 17.1. The van der Waals surface area contributed by atoms with Gasteiger partial charge in [0.25, 0.3) is 0 Å². The summed E-state index contributed by atoms with van der Waals surface area (Å²) in [7, 11) is 3.21. The lowest BCUT2D eigenvalue weighted by Crippen LogP contribution is -2.05.